The maximum Gasteiger partial charge on any atom is 0.0231 e. The number of hydrogen-bond donors (Lipinski definition) is 0. The van der Waals surface area contributed by atoms with Gasteiger partial charge in [-0.25, -0.2) is 0 Å². The van der Waals surface area contributed by atoms with Gasteiger partial charge in [0, 0.05) is 12.6 Å². The summed E-state index contributed by atoms with van der Waals surface area (Å²) in [5.74, 6) is 0. The summed E-state index contributed by atoms with van der Waals surface area (Å²) >= 11 is 0. The first-order valence-electron chi connectivity index (χ1n) is 13.7. The van der Waals surface area contributed by atoms with Gasteiger partial charge < -0.3 is 0 Å². The van der Waals surface area contributed by atoms with Gasteiger partial charge in [0.1, 0.15) is 0 Å². The molecule has 0 spiro atoms. The average molecular weight is 472 g/mol. The van der Waals surface area contributed by atoms with Crippen LogP contribution in [0.15, 0.2) is 0 Å². The fraction of sp³-hybridized carbons (Fsp3) is 1.00. The van der Waals surface area contributed by atoms with Crippen LogP contribution >= 0.6 is 23.9 Å². The second-order valence-corrected chi connectivity index (χ2v) is 18.6. The number of nitrogens with zero attached hydrogens (tertiary/aromatic N) is 1. The molecule has 3 heterocycles. The van der Waals surface area contributed by atoms with Crippen LogP contribution in [0.4, 0.5) is 0 Å². The second-order valence-electron chi connectivity index (χ2n) is 10.3. The van der Waals surface area contributed by atoms with Gasteiger partial charge in [-0.15, -0.1) is 0 Å². The van der Waals surface area contributed by atoms with E-state index in [0.29, 0.717) is 0 Å². The molecule has 3 aliphatic heterocycles. The Morgan fingerprint density at radius 2 is 0.733 bits per heavy atom. The SMILES string of the molecule is CCC1CC[C@@H](CC)P1CN(CP1[C@H](CC)CC[C@H]1CC)P1[C@H](CC)CC[C@H]1CC. The van der Waals surface area contributed by atoms with E-state index in [1.54, 1.807) is 25.7 Å². The highest BCUT2D eigenvalue weighted by molar-refractivity contribution is 7.64. The van der Waals surface area contributed by atoms with Crippen LogP contribution in [0.2, 0.25) is 0 Å². The molecule has 7 atom stereocenters. The fourth-order valence-corrected chi connectivity index (χ4v) is 19.2. The van der Waals surface area contributed by atoms with Crippen LogP contribution in [0.5, 0.6) is 0 Å². The highest BCUT2D eigenvalue weighted by atomic mass is 31.1. The van der Waals surface area contributed by atoms with E-state index in [4.69, 9.17) is 0 Å². The smallest absolute Gasteiger partial charge is 0.0231 e. The van der Waals surface area contributed by atoms with Crippen LogP contribution < -0.4 is 0 Å². The molecule has 1 nitrogen and oxygen atoms in total. The van der Waals surface area contributed by atoms with E-state index < -0.39 is 0 Å². The Kier molecular flexibility index (Phi) is 10.9. The van der Waals surface area contributed by atoms with E-state index in [1.807, 2.05) is 0 Å². The highest BCUT2D eigenvalue weighted by Gasteiger charge is 2.44. The van der Waals surface area contributed by atoms with Crippen molar-refractivity contribution in [1.29, 1.82) is 0 Å². The Bertz CT molecular complexity index is 435. The van der Waals surface area contributed by atoms with Gasteiger partial charge in [-0.2, -0.15) is 0 Å². The molecule has 0 radical (unpaired) electrons. The van der Waals surface area contributed by atoms with Crippen LogP contribution in [-0.2, 0) is 0 Å². The van der Waals surface area contributed by atoms with Crippen molar-refractivity contribution in [1.82, 2.24) is 4.67 Å². The van der Waals surface area contributed by atoms with Crippen LogP contribution in [0.1, 0.15) is 119 Å². The molecule has 176 valence electrons. The van der Waals surface area contributed by atoms with E-state index >= 15 is 0 Å². The number of rotatable bonds is 11. The molecule has 0 bridgehead atoms. The maximum atomic E-state index is 3.29. The lowest BCUT2D eigenvalue weighted by Crippen LogP contribution is -2.29. The first-order valence-corrected chi connectivity index (χ1v) is 18.4. The molecule has 3 aliphatic rings. The molecule has 2 unspecified atom stereocenters. The van der Waals surface area contributed by atoms with Crippen LogP contribution in [0.3, 0.4) is 0 Å². The Hall–Kier alpha value is 1.25. The minimum absolute atomic E-state index is 0.102. The van der Waals surface area contributed by atoms with Gasteiger partial charge in [0.05, 0.1) is 0 Å². The predicted octanol–water partition coefficient (Wildman–Crippen LogP) is 9.62. The highest BCUT2D eigenvalue weighted by Crippen LogP contribution is 2.69. The minimum Gasteiger partial charge on any atom is -0.273 e. The normalized spacial score (nSPS) is 38.3. The summed E-state index contributed by atoms with van der Waals surface area (Å²) in [5, 5.41) is 0. The summed E-state index contributed by atoms with van der Waals surface area (Å²) < 4.78 is 3.29. The van der Waals surface area contributed by atoms with Gasteiger partial charge in [-0.1, -0.05) is 57.4 Å². The maximum absolute atomic E-state index is 3.29. The molecule has 0 amide bonds. The van der Waals surface area contributed by atoms with Crippen molar-refractivity contribution in [3.63, 3.8) is 0 Å². The lowest BCUT2D eigenvalue weighted by atomic mass is 10.1. The fourth-order valence-electron chi connectivity index (χ4n) is 7.01. The van der Waals surface area contributed by atoms with Crippen molar-refractivity contribution in [2.24, 2.45) is 0 Å². The molecule has 0 aromatic rings. The Balaban J connectivity index is 1.86. The molecule has 3 saturated heterocycles. The molecule has 30 heavy (non-hydrogen) atoms. The van der Waals surface area contributed by atoms with Crippen LogP contribution in [0.25, 0.3) is 0 Å². The molecular weight excluding hydrogens is 419 g/mol. The summed E-state index contributed by atoms with van der Waals surface area (Å²) in [6, 6.07) is 0. The molecule has 0 saturated carbocycles. The predicted molar refractivity (Wildman–Crippen MR) is 145 cm³/mol. The Morgan fingerprint density at radius 3 is 1.00 bits per heavy atom. The van der Waals surface area contributed by atoms with E-state index in [-0.39, 0.29) is 23.9 Å². The zero-order valence-electron chi connectivity index (χ0n) is 21.2. The zero-order valence-corrected chi connectivity index (χ0v) is 23.8. The quantitative estimate of drug-likeness (QED) is 0.271. The summed E-state index contributed by atoms with van der Waals surface area (Å²) in [6.45, 7) is 15.0. The van der Waals surface area contributed by atoms with Crippen LogP contribution in [-0.4, -0.2) is 51.2 Å². The Morgan fingerprint density at radius 1 is 0.467 bits per heavy atom. The summed E-state index contributed by atoms with van der Waals surface area (Å²) in [7, 11) is 0.540. The monoisotopic (exact) mass is 471 g/mol. The third-order valence-electron chi connectivity index (χ3n) is 8.93. The first-order chi connectivity index (χ1) is 14.6. The zero-order chi connectivity index (χ0) is 21.7. The van der Waals surface area contributed by atoms with Gasteiger partial charge in [-0.05, 0) is 119 Å². The molecular formula is C26H52NP3. The van der Waals surface area contributed by atoms with Crippen molar-refractivity contribution in [2.75, 3.05) is 12.6 Å². The largest absolute Gasteiger partial charge is 0.273 e. The first kappa shape index (κ1) is 25.9. The summed E-state index contributed by atoms with van der Waals surface area (Å²) in [6.07, 6.45) is 21.0. The lowest BCUT2D eigenvalue weighted by molar-refractivity contribution is 0.588. The Labute approximate surface area is 193 Å². The topological polar surface area (TPSA) is 3.24 Å². The van der Waals surface area contributed by atoms with Gasteiger partial charge in [-0.3, -0.25) is 4.67 Å². The van der Waals surface area contributed by atoms with Crippen molar-refractivity contribution < 1.29 is 0 Å². The standard InChI is InChI=1S/C26H52NP3/c1-7-21-13-14-22(8-2)28(21)19-27(30-25(11-5)17-18-26(30)12-6)20-29-23(9-3)15-16-24(29)10-4/h21-26H,7-20H2,1-6H3/t21-,22-,23-,24?,25-,26-,29?/m1/s1. The third kappa shape index (κ3) is 5.65. The van der Waals surface area contributed by atoms with E-state index in [9.17, 15) is 0 Å². The molecule has 0 aromatic heterocycles. The van der Waals surface area contributed by atoms with E-state index in [1.165, 1.54) is 63.9 Å². The van der Waals surface area contributed by atoms with Crippen molar-refractivity contribution in [3.8, 4) is 0 Å². The summed E-state index contributed by atoms with van der Waals surface area (Å²) in [5.41, 5.74) is 6.38. The number of hydrogen-bond acceptors (Lipinski definition) is 1. The van der Waals surface area contributed by atoms with E-state index in [2.05, 4.69) is 46.2 Å². The molecule has 0 N–H and O–H groups in total. The minimum atomic E-state index is 0.102. The average Bonchev–Trinajstić information content (AvgIpc) is 3.48. The van der Waals surface area contributed by atoms with Gasteiger partial charge >= 0.3 is 0 Å². The van der Waals surface area contributed by atoms with Crippen molar-refractivity contribution in [3.05, 3.63) is 0 Å². The van der Waals surface area contributed by atoms with Crippen LogP contribution in [0, 0.1) is 0 Å². The third-order valence-corrected chi connectivity index (χ3v) is 20.6. The van der Waals surface area contributed by atoms with Gasteiger partial charge in [0.2, 0.25) is 0 Å². The molecule has 0 aromatic carbocycles. The summed E-state index contributed by atoms with van der Waals surface area (Å²) in [4.78, 5) is 0. The molecule has 3 rings (SSSR count). The van der Waals surface area contributed by atoms with Crippen molar-refractivity contribution in [2.45, 2.75) is 153 Å². The van der Waals surface area contributed by atoms with Gasteiger partial charge in [0.15, 0.2) is 0 Å². The lowest BCUT2D eigenvalue weighted by Gasteiger charge is -2.43. The molecule has 3 fully saturated rings. The van der Waals surface area contributed by atoms with E-state index in [0.717, 1.165) is 34.0 Å². The molecule has 0 aliphatic carbocycles. The molecule has 4 heteroatoms. The van der Waals surface area contributed by atoms with Gasteiger partial charge in [0.25, 0.3) is 0 Å². The van der Waals surface area contributed by atoms with Crippen molar-refractivity contribution >= 4 is 23.9 Å². The second kappa shape index (κ2) is 12.6.